The molecule has 4 heteroatoms. The Bertz CT molecular complexity index is 103. The molecule has 0 bridgehead atoms. The second-order valence-corrected chi connectivity index (χ2v) is 2.57. The van der Waals surface area contributed by atoms with E-state index in [0.29, 0.717) is 0 Å². The molecule has 0 fully saturated rings. The number of rotatable bonds is 2. The minimum Gasteiger partial charge on any atom is -0.550 e. The van der Waals surface area contributed by atoms with Gasteiger partial charge in [-0.25, -0.2) is 0 Å². The molecular formula is C5H8ClLiO2. The van der Waals surface area contributed by atoms with Crippen LogP contribution in [0.4, 0.5) is 0 Å². The van der Waals surface area contributed by atoms with E-state index in [1.54, 1.807) is 0 Å². The second kappa shape index (κ2) is 4.22. The second-order valence-electron chi connectivity index (χ2n) is 2.30. The van der Waals surface area contributed by atoms with Crippen molar-refractivity contribution in [3.63, 3.8) is 0 Å². The standard InChI is InChI=1S/C5H9ClO2.Li/c1-5(2,3-6)4(7)8;/h3H2,1-2H3,(H,7,8);/q;+1/p-1. The van der Waals surface area contributed by atoms with Gasteiger partial charge in [-0.2, -0.15) is 0 Å². The van der Waals surface area contributed by atoms with E-state index in [1.165, 1.54) is 13.8 Å². The molecule has 0 heterocycles. The third-order valence-electron chi connectivity index (χ3n) is 0.887. The van der Waals surface area contributed by atoms with Crippen molar-refractivity contribution in [2.75, 3.05) is 5.88 Å². The van der Waals surface area contributed by atoms with E-state index in [-0.39, 0.29) is 24.7 Å². The fourth-order valence-electron chi connectivity index (χ4n) is 0.0546. The summed E-state index contributed by atoms with van der Waals surface area (Å²) < 4.78 is 0. The Hall–Kier alpha value is 0.357. The van der Waals surface area contributed by atoms with Crippen LogP contribution in [0.5, 0.6) is 0 Å². The van der Waals surface area contributed by atoms with E-state index in [9.17, 15) is 9.90 Å². The topological polar surface area (TPSA) is 40.1 Å². The molecule has 0 aromatic rings. The third kappa shape index (κ3) is 3.86. The van der Waals surface area contributed by atoms with Gasteiger partial charge in [0.2, 0.25) is 0 Å². The molecule has 0 saturated carbocycles. The van der Waals surface area contributed by atoms with Crippen LogP contribution in [0.3, 0.4) is 0 Å². The number of alkyl halides is 1. The first-order valence-corrected chi connectivity index (χ1v) is 2.81. The minimum atomic E-state index is -1.10. The molecule has 0 aliphatic rings. The number of carboxylic acids is 1. The van der Waals surface area contributed by atoms with Gasteiger partial charge in [0.25, 0.3) is 0 Å². The fraction of sp³-hybridized carbons (Fsp3) is 0.800. The summed E-state index contributed by atoms with van der Waals surface area (Å²) in [6.07, 6.45) is 0. The Morgan fingerprint density at radius 1 is 1.67 bits per heavy atom. The largest absolute Gasteiger partial charge is 1.00 e. The summed E-state index contributed by atoms with van der Waals surface area (Å²) in [7, 11) is 0. The summed E-state index contributed by atoms with van der Waals surface area (Å²) in [6.45, 7) is 3.05. The smallest absolute Gasteiger partial charge is 0.550 e. The van der Waals surface area contributed by atoms with Crippen molar-refractivity contribution in [1.29, 1.82) is 0 Å². The van der Waals surface area contributed by atoms with Crippen molar-refractivity contribution in [2.45, 2.75) is 13.8 Å². The quantitative estimate of drug-likeness (QED) is 0.305. The van der Waals surface area contributed by atoms with Crippen molar-refractivity contribution in [3.05, 3.63) is 0 Å². The summed E-state index contributed by atoms with van der Waals surface area (Å²) in [5.41, 5.74) is -0.887. The summed E-state index contributed by atoms with van der Waals surface area (Å²) >= 11 is 5.27. The monoisotopic (exact) mass is 142 g/mol. The molecule has 0 radical (unpaired) electrons. The maximum atomic E-state index is 10.1. The van der Waals surface area contributed by atoms with E-state index in [2.05, 4.69) is 0 Å². The molecule has 9 heavy (non-hydrogen) atoms. The zero-order chi connectivity index (χ0) is 6.78. The number of carbonyl (C=O) groups is 1. The molecule has 0 atom stereocenters. The zero-order valence-electron chi connectivity index (χ0n) is 5.90. The summed E-state index contributed by atoms with van der Waals surface area (Å²) in [5.74, 6) is -1.01. The molecular weight excluding hydrogens is 134 g/mol. The maximum absolute atomic E-state index is 10.1. The predicted molar refractivity (Wildman–Crippen MR) is 29.5 cm³/mol. The molecule has 0 unspecified atom stereocenters. The molecule has 0 rings (SSSR count). The van der Waals surface area contributed by atoms with Crippen LogP contribution in [0.2, 0.25) is 0 Å². The van der Waals surface area contributed by atoms with Crippen molar-refractivity contribution in [1.82, 2.24) is 0 Å². The summed E-state index contributed by atoms with van der Waals surface area (Å²) in [4.78, 5) is 10.1. The summed E-state index contributed by atoms with van der Waals surface area (Å²) in [6, 6.07) is 0. The number of hydrogen-bond acceptors (Lipinski definition) is 2. The average Bonchev–Trinajstić information content (AvgIpc) is 1.67. The van der Waals surface area contributed by atoms with Crippen LogP contribution in [0.25, 0.3) is 0 Å². The Morgan fingerprint density at radius 2 is 2.00 bits per heavy atom. The van der Waals surface area contributed by atoms with Crippen molar-refractivity contribution in [3.8, 4) is 0 Å². The van der Waals surface area contributed by atoms with Gasteiger partial charge in [0.05, 0.1) is 0 Å². The Morgan fingerprint density at radius 3 is 2.00 bits per heavy atom. The van der Waals surface area contributed by atoms with Crippen molar-refractivity contribution < 1.29 is 28.8 Å². The molecule has 2 nitrogen and oxygen atoms in total. The van der Waals surface area contributed by atoms with Crippen LogP contribution in [-0.4, -0.2) is 11.8 Å². The number of carboxylic acid groups (broad SMARTS) is 1. The van der Waals surface area contributed by atoms with Crippen LogP contribution >= 0.6 is 11.6 Å². The Labute approximate surface area is 71.8 Å². The van der Waals surface area contributed by atoms with Crippen LogP contribution in [-0.2, 0) is 4.79 Å². The summed E-state index contributed by atoms with van der Waals surface area (Å²) in [5, 5.41) is 10.1. The molecule has 0 aromatic heterocycles. The molecule has 0 aliphatic carbocycles. The van der Waals surface area contributed by atoms with E-state index in [4.69, 9.17) is 11.6 Å². The molecule has 0 saturated heterocycles. The first kappa shape index (κ1) is 12.1. The molecule has 0 N–H and O–H groups in total. The van der Waals surface area contributed by atoms with Gasteiger partial charge in [-0.05, 0) is 0 Å². The van der Waals surface area contributed by atoms with Gasteiger partial charge in [-0.15, -0.1) is 11.6 Å². The first-order valence-electron chi connectivity index (χ1n) is 2.28. The zero-order valence-corrected chi connectivity index (χ0v) is 6.66. The van der Waals surface area contributed by atoms with Gasteiger partial charge < -0.3 is 9.90 Å². The third-order valence-corrected chi connectivity index (χ3v) is 1.55. The molecule has 0 amide bonds. The van der Waals surface area contributed by atoms with Crippen LogP contribution in [0, 0.1) is 5.41 Å². The van der Waals surface area contributed by atoms with Crippen LogP contribution in [0.1, 0.15) is 13.8 Å². The van der Waals surface area contributed by atoms with Crippen molar-refractivity contribution >= 4 is 17.6 Å². The maximum Gasteiger partial charge on any atom is 1.00 e. The molecule has 0 spiro atoms. The molecule has 48 valence electrons. The molecule has 0 aliphatic heterocycles. The van der Waals surface area contributed by atoms with Crippen molar-refractivity contribution in [2.24, 2.45) is 5.41 Å². The normalized spacial score (nSPS) is 10.1. The number of carbonyl (C=O) groups excluding carboxylic acids is 1. The van der Waals surface area contributed by atoms with E-state index < -0.39 is 11.4 Å². The number of hydrogen-bond donors (Lipinski definition) is 0. The van der Waals surface area contributed by atoms with Gasteiger partial charge in [-0.3, -0.25) is 0 Å². The average molecular weight is 143 g/mol. The SMILES string of the molecule is CC(C)(CCl)C(=O)[O-].[Li+]. The number of aliphatic carboxylic acids is 1. The fourth-order valence-corrected chi connectivity index (χ4v) is 0.164. The first-order chi connectivity index (χ1) is 3.50. The van der Waals surface area contributed by atoms with E-state index in [0.717, 1.165) is 0 Å². The Balaban J connectivity index is 0. The van der Waals surface area contributed by atoms with Gasteiger partial charge in [0, 0.05) is 17.3 Å². The van der Waals surface area contributed by atoms with Crippen LogP contribution < -0.4 is 24.0 Å². The van der Waals surface area contributed by atoms with Crippen LogP contribution in [0.15, 0.2) is 0 Å². The van der Waals surface area contributed by atoms with Gasteiger partial charge in [0.1, 0.15) is 0 Å². The van der Waals surface area contributed by atoms with E-state index >= 15 is 0 Å². The minimum absolute atomic E-state index is 0. The number of halogens is 1. The molecule has 0 aromatic carbocycles. The van der Waals surface area contributed by atoms with Gasteiger partial charge >= 0.3 is 18.9 Å². The van der Waals surface area contributed by atoms with Gasteiger partial charge in [0.15, 0.2) is 0 Å². The van der Waals surface area contributed by atoms with E-state index in [1.807, 2.05) is 0 Å². The van der Waals surface area contributed by atoms with Gasteiger partial charge in [-0.1, -0.05) is 13.8 Å². The Kier molecular flexibility index (Phi) is 5.66. The predicted octanol–water partition coefficient (Wildman–Crippen LogP) is -2.99.